The maximum Gasteiger partial charge on any atom is 0.265 e. The molecule has 1 unspecified atom stereocenters. The first kappa shape index (κ1) is 14.4. The first-order valence-electron chi connectivity index (χ1n) is 6.48. The predicted molar refractivity (Wildman–Crippen MR) is 80.8 cm³/mol. The molecule has 0 aromatic heterocycles. The molecule has 1 aliphatic heterocycles. The monoisotopic (exact) mass is 325 g/mol. The summed E-state index contributed by atoms with van der Waals surface area (Å²) in [6.45, 7) is 2.29. The number of benzene rings is 2. The Morgan fingerprint density at radius 1 is 1.24 bits per heavy atom. The maximum absolute atomic E-state index is 13.4. The molecule has 1 heterocycles. The van der Waals surface area contributed by atoms with E-state index in [9.17, 15) is 12.8 Å². The number of hydrogen-bond donors (Lipinski definition) is 0. The van der Waals surface area contributed by atoms with E-state index < -0.39 is 15.8 Å². The van der Waals surface area contributed by atoms with Gasteiger partial charge in [-0.15, -0.1) is 0 Å². The molecule has 110 valence electrons. The lowest BCUT2D eigenvalue weighted by Gasteiger charge is -2.20. The molecule has 0 amide bonds. The molecular weight excluding hydrogens is 313 g/mol. The third-order valence-corrected chi connectivity index (χ3v) is 5.90. The minimum atomic E-state index is -3.88. The van der Waals surface area contributed by atoms with Crippen molar-refractivity contribution >= 4 is 27.3 Å². The number of nitrogens with zero attached hydrogens (tertiary/aromatic N) is 1. The summed E-state index contributed by atoms with van der Waals surface area (Å²) < 4.78 is 40.3. The van der Waals surface area contributed by atoms with Crippen LogP contribution in [0.4, 0.5) is 10.1 Å². The van der Waals surface area contributed by atoms with Gasteiger partial charge in [0.15, 0.2) is 0 Å². The van der Waals surface area contributed by atoms with Crippen molar-refractivity contribution in [2.75, 3.05) is 10.8 Å². The van der Waals surface area contributed by atoms with Gasteiger partial charge >= 0.3 is 0 Å². The summed E-state index contributed by atoms with van der Waals surface area (Å²) in [4.78, 5) is -0.201. The van der Waals surface area contributed by atoms with Crippen molar-refractivity contribution in [2.45, 2.75) is 17.7 Å². The lowest BCUT2D eigenvalue weighted by molar-refractivity contribution is 0.586. The van der Waals surface area contributed by atoms with Crippen LogP contribution in [-0.2, 0) is 10.0 Å². The smallest absolute Gasteiger partial charge is 0.265 e. The lowest BCUT2D eigenvalue weighted by Crippen LogP contribution is -2.30. The Hall–Kier alpha value is -1.59. The molecule has 3 rings (SSSR count). The number of hydrogen-bond acceptors (Lipinski definition) is 2. The van der Waals surface area contributed by atoms with Gasteiger partial charge < -0.3 is 0 Å². The van der Waals surface area contributed by atoms with Gasteiger partial charge in [-0.05, 0) is 29.8 Å². The molecular formula is C15H13ClFNO2S. The van der Waals surface area contributed by atoms with E-state index in [-0.39, 0.29) is 15.8 Å². The summed E-state index contributed by atoms with van der Waals surface area (Å²) in [5, 5.41) is 0.0217. The lowest BCUT2D eigenvalue weighted by atomic mass is 10.0. The van der Waals surface area contributed by atoms with Crippen LogP contribution in [0.2, 0.25) is 5.02 Å². The predicted octanol–water partition coefficient (Wildman–Crippen LogP) is 3.79. The average Bonchev–Trinajstić information content (AvgIpc) is 2.80. The Balaban J connectivity index is 2.14. The third kappa shape index (κ3) is 2.30. The number of halogens is 2. The summed E-state index contributed by atoms with van der Waals surface area (Å²) in [6.07, 6.45) is 0. The molecule has 0 saturated heterocycles. The Morgan fingerprint density at radius 2 is 1.95 bits per heavy atom. The van der Waals surface area contributed by atoms with Gasteiger partial charge in [-0.25, -0.2) is 12.8 Å². The fourth-order valence-electron chi connectivity index (χ4n) is 2.60. The zero-order valence-electron chi connectivity index (χ0n) is 11.3. The second-order valence-corrected chi connectivity index (χ2v) is 7.31. The van der Waals surface area contributed by atoms with Crippen LogP contribution >= 0.6 is 11.6 Å². The van der Waals surface area contributed by atoms with Gasteiger partial charge in [0.25, 0.3) is 10.0 Å². The summed E-state index contributed by atoms with van der Waals surface area (Å²) in [6, 6.07) is 10.7. The number of anilines is 1. The number of sulfonamides is 1. The van der Waals surface area contributed by atoms with Gasteiger partial charge in [0, 0.05) is 12.5 Å². The molecule has 0 saturated carbocycles. The van der Waals surface area contributed by atoms with Crippen molar-refractivity contribution in [3.8, 4) is 0 Å². The highest BCUT2D eigenvalue weighted by Gasteiger charge is 2.35. The van der Waals surface area contributed by atoms with Gasteiger partial charge in [-0.1, -0.05) is 36.7 Å². The largest absolute Gasteiger partial charge is 0.265 e. The van der Waals surface area contributed by atoms with Crippen molar-refractivity contribution in [3.63, 3.8) is 0 Å². The van der Waals surface area contributed by atoms with Gasteiger partial charge in [0.1, 0.15) is 10.7 Å². The van der Waals surface area contributed by atoms with Crippen LogP contribution in [-0.4, -0.2) is 15.0 Å². The summed E-state index contributed by atoms with van der Waals surface area (Å²) in [5.41, 5.74) is 1.60. The van der Waals surface area contributed by atoms with Crippen LogP contribution in [0.5, 0.6) is 0 Å². The van der Waals surface area contributed by atoms with Crippen LogP contribution in [0.25, 0.3) is 0 Å². The Labute approximate surface area is 128 Å². The minimum Gasteiger partial charge on any atom is -0.265 e. The number of para-hydroxylation sites is 1. The van der Waals surface area contributed by atoms with Crippen LogP contribution in [0.1, 0.15) is 18.4 Å². The highest BCUT2D eigenvalue weighted by atomic mass is 35.5. The molecule has 1 atom stereocenters. The van der Waals surface area contributed by atoms with E-state index in [0.29, 0.717) is 12.2 Å². The average molecular weight is 326 g/mol. The van der Waals surface area contributed by atoms with Crippen molar-refractivity contribution in [1.29, 1.82) is 0 Å². The number of fused-ring (bicyclic) bond motifs is 1. The Bertz CT molecular complexity index is 807. The van der Waals surface area contributed by atoms with Crippen LogP contribution in [0.3, 0.4) is 0 Å². The fourth-order valence-corrected chi connectivity index (χ4v) is 4.67. The standard InChI is InChI=1S/C15H13ClFNO2S/c1-10-9-18(14-5-3-2-4-12(10)14)21(19,20)15-8-11(17)6-7-13(15)16/h2-8,10H,9H2,1H3. The van der Waals surface area contributed by atoms with Gasteiger partial charge in [0.05, 0.1) is 10.7 Å². The van der Waals surface area contributed by atoms with E-state index in [1.165, 1.54) is 10.4 Å². The summed E-state index contributed by atoms with van der Waals surface area (Å²) in [7, 11) is -3.88. The minimum absolute atomic E-state index is 0.0217. The summed E-state index contributed by atoms with van der Waals surface area (Å²) in [5.74, 6) is -0.540. The summed E-state index contributed by atoms with van der Waals surface area (Å²) >= 11 is 5.95. The third-order valence-electron chi connectivity index (χ3n) is 3.64. The van der Waals surface area contributed by atoms with Crippen LogP contribution in [0, 0.1) is 5.82 Å². The second kappa shape index (κ2) is 5.00. The molecule has 6 heteroatoms. The first-order chi connectivity index (χ1) is 9.91. The van der Waals surface area contributed by atoms with Crippen LogP contribution < -0.4 is 4.31 Å². The molecule has 0 bridgehead atoms. The van der Waals surface area contributed by atoms with Crippen molar-refractivity contribution < 1.29 is 12.8 Å². The molecule has 0 fully saturated rings. The molecule has 2 aromatic carbocycles. The van der Waals surface area contributed by atoms with E-state index in [0.717, 1.165) is 17.7 Å². The Kier molecular flexibility index (Phi) is 3.42. The molecule has 0 aliphatic carbocycles. The zero-order chi connectivity index (χ0) is 15.2. The molecule has 21 heavy (non-hydrogen) atoms. The zero-order valence-corrected chi connectivity index (χ0v) is 12.8. The molecule has 1 aliphatic rings. The van der Waals surface area contributed by atoms with Crippen molar-refractivity contribution in [1.82, 2.24) is 0 Å². The van der Waals surface area contributed by atoms with Crippen LogP contribution in [0.15, 0.2) is 47.4 Å². The van der Waals surface area contributed by atoms with E-state index in [1.54, 1.807) is 12.1 Å². The van der Waals surface area contributed by atoms with Gasteiger partial charge in [-0.3, -0.25) is 4.31 Å². The van der Waals surface area contributed by atoms with Gasteiger partial charge in [-0.2, -0.15) is 0 Å². The van der Waals surface area contributed by atoms with E-state index in [1.807, 2.05) is 19.1 Å². The normalized spacial score (nSPS) is 17.9. The van der Waals surface area contributed by atoms with E-state index >= 15 is 0 Å². The van der Waals surface area contributed by atoms with Gasteiger partial charge in [0.2, 0.25) is 0 Å². The Morgan fingerprint density at radius 3 is 2.71 bits per heavy atom. The highest BCUT2D eigenvalue weighted by Crippen LogP contribution is 2.40. The first-order valence-corrected chi connectivity index (χ1v) is 8.30. The molecule has 2 aromatic rings. The molecule has 0 radical (unpaired) electrons. The SMILES string of the molecule is CC1CN(S(=O)(=O)c2cc(F)ccc2Cl)c2ccccc21. The topological polar surface area (TPSA) is 37.4 Å². The maximum atomic E-state index is 13.4. The van der Waals surface area contributed by atoms with E-state index in [4.69, 9.17) is 11.6 Å². The highest BCUT2D eigenvalue weighted by molar-refractivity contribution is 7.93. The fraction of sp³-hybridized carbons (Fsp3) is 0.200. The molecule has 3 nitrogen and oxygen atoms in total. The van der Waals surface area contributed by atoms with Crippen molar-refractivity contribution in [3.05, 3.63) is 58.9 Å². The van der Waals surface area contributed by atoms with E-state index in [2.05, 4.69) is 0 Å². The second-order valence-electron chi connectivity index (χ2n) is 5.07. The van der Waals surface area contributed by atoms with Crippen molar-refractivity contribution in [2.24, 2.45) is 0 Å². The quantitative estimate of drug-likeness (QED) is 0.842. The molecule has 0 spiro atoms. The molecule has 0 N–H and O–H groups in total. The number of rotatable bonds is 2.